The van der Waals surface area contributed by atoms with Gasteiger partial charge in [0.25, 0.3) is 5.91 Å². The molecule has 27 heavy (non-hydrogen) atoms. The summed E-state index contributed by atoms with van der Waals surface area (Å²) in [4.78, 5) is 16.6. The van der Waals surface area contributed by atoms with Crippen molar-refractivity contribution < 1.29 is 17.6 Å². The van der Waals surface area contributed by atoms with Crippen LogP contribution >= 0.6 is 22.9 Å². The van der Waals surface area contributed by atoms with Crippen LogP contribution in [0.3, 0.4) is 0 Å². The van der Waals surface area contributed by atoms with Crippen molar-refractivity contribution in [2.45, 2.75) is 24.8 Å². The lowest BCUT2D eigenvalue weighted by Gasteiger charge is -2.04. The van der Waals surface area contributed by atoms with E-state index in [4.69, 9.17) is 11.6 Å². The molecule has 0 radical (unpaired) electrons. The van der Waals surface area contributed by atoms with E-state index in [-0.39, 0.29) is 9.70 Å². The van der Waals surface area contributed by atoms with E-state index in [2.05, 4.69) is 4.99 Å². The van der Waals surface area contributed by atoms with Gasteiger partial charge >= 0.3 is 0 Å². The topological polar surface area (TPSA) is 68.5 Å². The maximum Gasteiger partial charge on any atom is 0.263 e. The average Bonchev–Trinajstić information content (AvgIpc) is 2.93. The van der Waals surface area contributed by atoms with Gasteiger partial charge in [-0.3, -0.25) is 4.79 Å². The van der Waals surface area contributed by atoms with Crippen LogP contribution in [0.2, 0.25) is 5.02 Å². The molecular formula is C18H16ClFN2O3S2. The average molecular weight is 427 g/mol. The predicted octanol–water partition coefficient (Wildman–Crippen LogP) is 3.81. The van der Waals surface area contributed by atoms with E-state index >= 15 is 0 Å². The van der Waals surface area contributed by atoms with Crippen LogP contribution in [0.25, 0.3) is 10.2 Å². The maximum absolute atomic E-state index is 14.2. The summed E-state index contributed by atoms with van der Waals surface area (Å²) in [5.74, 6) is -1.97. The normalized spacial score (nSPS) is 12.6. The fourth-order valence-corrected chi connectivity index (χ4v) is 4.95. The van der Waals surface area contributed by atoms with Crippen LogP contribution in [-0.4, -0.2) is 24.6 Å². The van der Waals surface area contributed by atoms with Gasteiger partial charge in [0.1, 0.15) is 11.6 Å². The third kappa shape index (κ3) is 4.28. The minimum Gasteiger partial charge on any atom is -0.314 e. The van der Waals surface area contributed by atoms with Crippen LogP contribution in [0.15, 0.2) is 52.4 Å². The zero-order valence-electron chi connectivity index (χ0n) is 14.4. The van der Waals surface area contributed by atoms with E-state index in [1.807, 2.05) is 6.92 Å². The number of carbonyl (C=O) groups is 1. The highest BCUT2D eigenvalue weighted by Crippen LogP contribution is 2.21. The Bertz CT molecular complexity index is 1170. The molecule has 0 fully saturated rings. The van der Waals surface area contributed by atoms with E-state index in [0.717, 1.165) is 11.3 Å². The van der Waals surface area contributed by atoms with Gasteiger partial charge in [-0.05, 0) is 42.8 Å². The van der Waals surface area contributed by atoms with Crippen molar-refractivity contribution in [3.63, 3.8) is 0 Å². The standard InChI is InChI=1S/C18H16ClFN2O3S2/c1-2-10-22-17-14(20)4-3-5-15(17)26-18(22)21-16(23)11-27(24,25)13-8-6-12(19)7-9-13/h3-9H,2,10-11H2,1H3. The Balaban J connectivity index is 1.99. The molecule has 9 heteroatoms. The molecule has 5 nitrogen and oxygen atoms in total. The summed E-state index contributed by atoms with van der Waals surface area (Å²) in [5, 5.41) is 0.401. The number of aryl methyl sites for hydroxylation is 1. The van der Waals surface area contributed by atoms with Gasteiger partial charge in [-0.25, -0.2) is 12.8 Å². The van der Waals surface area contributed by atoms with Gasteiger partial charge in [-0.1, -0.05) is 35.9 Å². The molecule has 1 aromatic heterocycles. The summed E-state index contributed by atoms with van der Waals surface area (Å²) >= 11 is 6.91. The third-order valence-corrected chi connectivity index (χ3v) is 6.72. The van der Waals surface area contributed by atoms with Crippen molar-refractivity contribution in [1.82, 2.24) is 4.57 Å². The number of sulfone groups is 1. The largest absolute Gasteiger partial charge is 0.314 e. The quantitative estimate of drug-likeness (QED) is 0.623. The van der Waals surface area contributed by atoms with Gasteiger partial charge in [0.2, 0.25) is 0 Å². The lowest BCUT2D eigenvalue weighted by Crippen LogP contribution is -2.21. The number of nitrogens with zero attached hydrogens (tertiary/aromatic N) is 2. The second-order valence-corrected chi connectivity index (χ2v) is 9.28. The molecule has 0 bridgehead atoms. The van der Waals surface area contributed by atoms with Crippen LogP contribution in [-0.2, 0) is 21.2 Å². The first-order valence-corrected chi connectivity index (χ1v) is 11.0. The monoisotopic (exact) mass is 426 g/mol. The third-order valence-electron chi connectivity index (χ3n) is 3.81. The summed E-state index contributed by atoms with van der Waals surface area (Å²) in [6, 6.07) is 10.2. The van der Waals surface area contributed by atoms with Crippen LogP contribution in [0.5, 0.6) is 0 Å². The summed E-state index contributed by atoms with van der Waals surface area (Å²) in [6.07, 6.45) is 0.713. The van der Waals surface area contributed by atoms with Gasteiger partial charge in [-0.2, -0.15) is 4.99 Å². The molecule has 3 aromatic rings. The first kappa shape index (κ1) is 19.7. The Morgan fingerprint density at radius 1 is 1.22 bits per heavy atom. The highest BCUT2D eigenvalue weighted by molar-refractivity contribution is 7.92. The summed E-state index contributed by atoms with van der Waals surface area (Å²) in [6.45, 7) is 2.39. The molecule has 0 spiro atoms. The summed E-state index contributed by atoms with van der Waals surface area (Å²) in [7, 11) is -3.84. The van der Waals surface area contributed by atoms with Gasteiger partial charge < -0.3 is 4.57 Å². The number of thiazole rings is 1. The minimum atomic E-state index is -3.84. The lowest BCUT2D eigenvalue weighted by molar-refractivity contribution is -0.115. The Morgan fingerprint density at radius 2 is 1.93 bits per heavy atom. The molecule has 142 valence electrons. The van der Waals surface area contributed by atoms with E-state index in [9.17, 15) is 17.6 Å². The van der Waals surface area contributed by atoms with Crippen molar-refractivity contribution >= 4 is 48.9 Å². The van der Waals surface area contributed by atoms with Crippen molar-refractivity contribution in [2.75, 3.05) is 5.75 Å². The molecule has 0 atom stereocenters. The highest BCUT2D eigenvalue weighted by atomic mass is 35.5. The highest BCUT2D eigenvalue weighted by Gasteiger charge is 2.20. The number of hydrogen-bond donors (Lipinski definition) is 0. The van der Waals surface area contributed by atoms with Crippen LogP contribution in [0.1, 0.15) is 13.3 Å². The molecule has 0 unspecified atom stereocenters. The van der Waals surface area contributed by atoms with E-state index in [0.29, 0.717) is 28.2 Å². The maximum atomic E-state index is 14.2. The van der Waals surface area contributed by atoms with Crippen molar-refractivity contribution in [3.8, 4) is 0 Å². The second-order valence-electron chi connectivity index (χ2n) is 5.84. The van der Waals surface area contributed by atoms with Crippen LogP contribution < -0.4 is 4.80 Å². The van der Waals surface area contributed by atoms with Crippen LogP contribution in [0.4, 0.5) is 4.39 Å². The molecule has 1 heterocycles. The van der Waals surface area contributed by atoms with Crippen LogP contribution in [0, 0.1) is 5.82 Å². The van der Waals surface area contributed by atoms with E-state index < -0.39 is 27.3 Å². The predicted molar refractivity (Wildman–Crippen MR) is 104 cm³/mol. The molecule has 0 saturated carbocycles. The molecule has 0 aliphatic rings. The summed E-state index contributed by atoms with van der Waals surface area (Å²) < 4.78 is 41.2. The zero-order valence-corrected chi connectivity index (χ0v) is 16.7. The van der Waals surface area contributed by atoms with Crippen molar-refractivity contribution in [1.29, 1.82) is 0 Å². The van der Waals surface area contributed by atoms with Gasteiger partial charge in [-0.15, -0.1) is 0 Å². The van der Waals surface area contributed by atoms with Gasteiger partial charge in [0.15, 0.2) is 14.6 Å². The first-order chi connectivity index (χ1) is 12.8. The minimum absolute atomic E-state index is 0.000676. The van der Waals surface area contributed by atoms with Crippen molar-refractivity contribution in [2.24, 2.45) is 4.99 Å². The molecular weight excluding hydrogens is 411 g/mol. The number of amides is 1. The number of aromatic nitrogens is 1. The fraction of sp³-hybridized carbons (Fsp3) is 0.222. The lowest BCUT2D eigenvalue weighted by atomic mass is 10.3. The van der Waals surface area contributed by atoms with Gasteiger partial charge in [0.05, 0.1) is 15.1 Å². The molecule has 0 saturated heterocycles. The SMILES string of the molecule is CCCn1c(=NC(=O)CS(=O)(=O)c2ccc(Cl)cc2)sc2cccc(F)c21. The Hall–Kier alpha value is -2.03. The van der Waals surface area contributed by atoms with Crippen molar-refractivity contribution in [3.05, 3.63) is 58.1 Å². The number of benzene rings is 2. The smallest absolute Gasteiger partial charge is 0.263 e. The number of carbonyl (C=O) groups excluding carboxylic acids is 1. The number of hydrogen-bond acceptors (Lipinski definition) is 4. The molecule has 3 rings (SSSR count). The molecule has 2 aromatic carbocycles. The van der Waals surface area contributed by atoms with E-state index in [1.165, 1.54) is 30.3 Å². The zero-order chi connectivity index (χ0) is 19.6. The van der Waals surface area contributed by atoms with Gasteiger partial charge in [0, 0.05) is 11.6 Å². The molecule has 0 aliphatic carbocycles. The summed E-state index contributed by atoms with van der Waals surface area (Å²) in [5.41, 5.74) is 0.372. The number of fused-ring (bicyclic) bond motifs is 1. The molecule has 0 aliphatic heterocycles. The van der Waals surface area contributed by atoms with E-state index in [1.54, 1.807) is 16.7 Å². The molecule has 1 amide bonds. The Morgan fingerprint density at radius 3 is 2.59 bits per heavy atom. The number of halogens is 2. The second kappa shape index (κ2) is 7.92. The Labute approximate surface area is 164 Å². The molecule has 0 N–H and O–H groups in total. The fourth-order valence-electron chi connectivity index (χ4n) is 2.63. The number of rotatable bonds is 5. The first-order valence-electron chi connectivity index (χ1n) is 8.15. The Kier molecular flexibility index (Phi) is 5.78. The number of para-hydroxylation sites is 1.